The molecular weight excluding hydrogens is 248 g/mol. The van der Waals surface area contributed by atoms with E-state index in [1.54, 1.807) is 12.1 Å². The standard InChI is InChI=1S/C13H16N2O4/c1-18-13(17)12-11(16)3-2-6-15(12)8-10-5-4-9(7-14)19-10/h4-5,11-12,16H,2-3,6,8H2,1H3/t11-,12-/m0/s1. The molecule has 6 nitrogen and oxygen atoms in total. The van der Waals surface area contributed by atoms with E-state index in [0.29, 0.717) is 25.3 Å². The normalized spacial score (nSPS) is 23.8. The van der Waals surface area contributed by atoms with Gasteiger partial charge in [-0.1, -0.05) is 0 Å². The molecule has 0 unspecified atom stereocenters. The van der Waals surface area contributed by atoms with Crippen LogP contribution in [0.5, 0.6) is 0 Å². The van der Waals surface area contributed by atoms with Gasteiger partial charge in [-0.05, 0) is 31.5 Å². The topological polar surface area (TPSA) is 86.7 Å². The average Bonchev–Trinajstić information content (AvgIpc) is 2.86. The van der Waals surface area contributed by atoms with Gasteiger partial charge in [0, 0.05) is 0 Å². The van der Waals surface area contributed by atoms with Gasteiger partial charge in [0.1, 0.15) is 17.9 Å². The fourth-order valence-corrected chi connectivity index (χ4v) is 2.37. The molecule has 2 heterocycles. The summed E-state index contributed by atoms with van der Waals surface area (Å²) in [7, 11) is 1.31. The van der Waals surface area contributed by atoms with Gasteiger partial charge in [0.15, 0.2) is 0 Å². The molecule has 1 aromatic heterocycles. The number of carbonyl (C=O) groups is 1. The van der Waals surface area contributed by atoms with E-state index in [4.69, 9.17) is 14.4 Å². The molecule has 1 N–H and O–H groups in total. The minimum atomic E-state index is -0.730. The molecule has 0 radical (unpaired) electrons. The summed E-state index contributed by atoms with van der Waals surface area (Å²) in [6.07, 6.45) is 0.657. The van der Waals surface area contributed by atoms with Crippen LogP contribution in [0.25, 0.3) is 0 Å². The summed E-state index contributed by atoms with van der Waals surface area (Å²) in [6.45, 7) is 1.05. The molecule has 0 aromatic carbocycles. The molecule has 1 saturated heterocycles. The Labute approximate surface area is 111 Å². The van der Waals surface area contributed by atoms with Crippen molar-refractivity contribution in [2.24, 2.45) is 0 Å². The van der Waals surface area contributed by atoms with Crippen LogP contribution >= 0.6 is 0 Å². The highest BCUT2D eigenvalue weighted by atomic mass is 16.5. The lowest BCUT2D eigenvalue weighted by atomic mass is 9.99. The zero-order valence-corrected chi connectivity index (χ0v) is 10.7. The first kappa shape index (κ1) is 13.6. The van der Waals surface area contributed by atoms with Gasteiger partial charge in [-0.2, -0.15) is 5.26 Å². The Morgan fingerprint density at radius 1 is 1.68 bits per heavy atom. The molecule has 0 spiro atoms. The van der Waals surface area contributed by atoms with Crippen molar-refractivity contribution in [1.82, 2.24) is 4.90 Å². The van der Waals surface area contributed by atoms with Gasteiger partial charge < -0.3 is 14.3 Å². The minimum Gasteiger partial charge on any atom is -0.468 e. The summed E-state index contributed by atoms with van der Waals surface area (Å²) in [5.41, 5.74) is 0. The average molecular weight is 264 g/mol. The van der Waals surface area contributed by atoms with Crippen molar-refractivity contribution in [2.75, 3.05) is 13.7 Å². The highest BCUT2D eigenvalue weighted by Gasteiger charge is 2.36. The van der Waals surface area contributed by atoms with Gasteiger partial charge in [0.25, 0.3) is 0 Å². The summed E-state index contributed by atoms with van der Waals surface area (Å²) in [5, 5.41) is 18.7. The summed E-state index contributed by atoms with van der Waals surface area (Å²) < 4.78 is 10.0. The summed E-state index contributed by atoms with van der Waals surface area (Å²) >= 11 is 0. The van der Waals surface area contributed by atoms with E-state index in [9.17, 15) is 9.90 Å². The van der Waals surface area contributed by atoms with Crippen LogP contribution < -0.4 is 0 Å². The Balaban J connectivity index is 2.11. The molecule has 0 bridgehead atoms. The number of nitrogens with zero attached hydrogens (tertiary/aromatic N) is 2. The number of carbonyl (C=O) groups excluding carboxylic acids is 1. The zero-order chi connectivity index (χ0) is 13.8. The maximum absolute atomic E-state index is 11.7. The molecule has 0 saturated carbocycles. The lowest BCUT2D eigenvalue weighted by molar-refractivity contribution is -0.154. The van der Waals surface area contributed by atoms with Crippen LogP contribution in [0.15, 0.2) is 16.5 Å². The van der Waals surface area contributed by atoms with Gasteiger partial charge in [-0.25, -0.2) is 0 Å². The molecule has 102 valence electrons. The van der Waals surface area contributed by atoms with Gasteiger partial charge in [-0.3, -0.25) is 9.69 Å². The second-order valence-corrected chi connectivity index (χ2v) is 4.53. The van der Waals surface area contributed by atoms with Crippen LogP contribution in [-0.2, 0) is 16.1 Å². The first-order valence-electron chi connectivity index (χ1n) is 6.14. The number of esters is 1. The summed E-state index contributed by atoms with van der Waals surface area (Å²) in [4.78, 5) is 13.6. The van der Waals surface area contributed by atoms with Gasteiger partial charge in [0.2, 0.25) is 5.76 Å². The van der Waals surface area contributed by atoms with Crippen molar-refractivity contribution in [1.29, 1.82) is 5.26 Å². The molecule has 1 aromatic rings. The monoisotopic (exact) mass is 264 g/mol. The van der Waals surface area contributed by atoms with Crippen molar-refractivity contribution in [2.45, 2.75) is 31.5 Å². The number of rotatable bonds is 3. The molecule has 0 amide bonds. The van der Waals surface area contributed by atoms with Crippen LogP contribution in [0.4, 0.5) is 0 Å². The number of nitriles is 1. The molecule has 1 aliphatic heterocycles. The number of piperidine rings is 1. The van der Waals surface area contributed by atoms with Crippen LogP contribution in [0, 0.1) is 11.3 Å². The maximum Gasteiger partial charge on any atom is 0.325 e. The van der Waals surface area contributed by atoms with Crippen LogP contribution in [-0.4, -0.2) is 41.8 Å². The Morgan fingerprint density at radius 2 is 2.47 bits per heavy atom. The first-order valence-corrected chi connectivity index (χ1v) is 6.14. The van der Waals surface area contributed by atoms with Crippen molar-refractivity contribution in [3.05, 3.63) is 23.7 Å². The van der Waals surface area contributed by atoms with Gasteiger partial charge in [0.05, 0.1) is 19.8 Å². The number of hydrogen-bond acceptors (Lipinski definition) is 6. The largest absolute Gasteiger partial charge is 0.468 e. The summed E-state index contributed by atoms with van der Waals surface area (Å²) in [6, 6.07) is 4.53. The molecule has 0 aliphatic carbocycles. The lowest BCUT2D eigenvalue weighted by Crippen LogP contribution is -2.52. The number of furan rings is 1. The number of ether oxygens (including phenoxy) is 1. The Bertz CT molecular complexity index is 491. The van der Waals surface area contributed by atoms with Crippen LogP contribution in [0.2, 0.25) is 0 Å². The minimum absolute atomic E-state index is 0.238. The fourth-order valence-electron chi connectivity index (χ4n) is 2.37. The lowest BCUT2D eigenvalue weighted by Gasteiger charge is -2.36. The van der Waals surface area contributed by atoms with Gasteiger partial charge in [-0.15, -0.1) is 0 Å². The fraction of sp³-hybridized carbons (Fsp3) is 0.538. The van der Waals surface area contributed by atoms with Crippen molar-refractivity contribution < 1.29 is 19.1 Å². The maximum atomic E-state index is 11.7. The van der Waals surface area contributed by atoms with Crippen molar-refractivity contribution >= 4 is 5.97 Å². The third-order valence-corrected chi connectivity index (χ3v) is 3.28. The van der Waals surface area contributed by atoms with E-state index < -0.39 is 18.1 Å². The third kappa shape index (κ3) is 2.95. The zero-order valence-electron chi connectivity index (χ0n) is 10.7. The number of likely N-dealkylation sites (tertiary alicyclic amines) is 1. The number of methoxy groups -OCH3 is 1. The van der Waals surface area contributed by atoms with E-state index in [-0.39, 0.29) is 5.76 Å². The van der Waals surface area contributed by atoms with E-state index in [1.165, 1.54) is 7.11 Å². The SMILES string of the molecule is COC(=O)[C@@H]1[C@@H](O)CCCN1Cc1ccc(C#N)o1. The second-order valence-electron chi connectivity index (χ2n) is 4.53. The molecule has 6 heteroatoms. The van der Waals surface area contributed by atoms with Crippen LogP contribution in [0.3, 0.4) is 0 Å². The number of aliphatic hydroxyl groups excluding tert-OH is 1. The van der Waals surface area contributed by atoms with Crippen molar-refractivity contribution in [3.63, 3.8) is 0 Å². The Morgan fingerprint density at radius 3 is 3.11 bits per heavy atom. The molecular formula is C13H16N2O4. The molecule has 2 atom stereocenters. The Hall–Kier alpha value is -1.84. The second kappa shape index (κ2) is 5.87. The highest BCUT2D eigenvalue weighted by molar-refractivity contribution is 5.76. The predicted octanol–water partition coefficient (Wildman–Crippen LogP) is 0.650. The van der Waals surface area contributed by atoms with Crippen LogP contribution in [0.1, 0.15) is 24.4 Å². The first-order chi connectivity index (χ1) is 9.15. The predicted molar refractivity (Wildman–Crippen MR) is 64.9 cm³/mol. The molecule has 2 rings (SSSR count). The third-order valence-electron chi connectivity index (χ3n) is 3.28. The molecule has 1 fully saturated rings. The number of aliphatic hydroxyl groups is 1. The Kier molecular flexibility index (Phi) is 4.20. The van der Waals surface area contributed by atoms with E-state index >= 15 is 0 Å². The quantitative estimate of drug-likeness (QED) is 0.807. The summed E-state index contributed by atoms with van der Waals surface area (Å²) in [5.74, 6) is 0.390. The molecule has 1 aliphatic rings. The van der Waals surface area contributed by atoms with E-state index in [0.717, 1.165) is 6.42 Å². The highest BCUT2D eigenvalue weighted by Crippen LogP contribution is 2.22. The van der Waals surface area contributed by atoms with Gasteiger partial charge >= 0.3 is 5.97 Å². The van der Waals surface area contributed by atoms with E-state index in [2.05, 4.69) is 0 Å². The van der Waals surface area contributed by atoms with E-state index in [1.807, 2.05) is 11.0 Å². The van der Waals surface area contributed by atoms with Crippen molar-refractivity contribution in [3.8, 4) is 6.07 Å². The number of hydrogen-bond donors (Lipinski definition) is 1. The molecule has 19 heavy (non-hydrogen) atoms. The smallest absolute Gasteiger partial charge is 0.325 e.